The Morgan fingerprint density at radius 3 is 2.38 bits per heavy atom. The minimum absolute atomic E-state index is 0.145. The van der Waals surface area contributed by atoms with Gasteiger partial charge in [-0.3, -0.25) is 0 Å². The van der Waals surface area contributed by atoms with Gasteiger partial charge in [0, 0.05) is 5.56 Å². The lowest BCUT2D eigenvalue weighted by Crippen LogP contribution is -2.14. The van der Waals surface area contributed by atoms with Gasteiger partial charge in [-0.05, 0) is 30.3 Å². The van der Waals surface area contributed by atoms with Crippen LogP contribution in [0, 0.1) is 5.82 Å². The number of alkyl halides is 3. The maximum Gasteiger partial charge on any atom is 0.433 e. The van der Waals surface area contributed by atoms with Crippen LogP contribution in [0.15, 0.2) is 30.3 Å². The zero-order valence-corrected chi connectivity index (χ0v) is 12.2. The van der Waals surface area contributed by atoms with Gasteiger partial charge in [0.05, 0.1) is 5.69 Å². The second-order valence-corrected chi connectivity index (χ2v) is 5.11. The second-order valence-electron chi connectivity index (χ2n) is 4.73. The normalized spacial score (nSPS) is 11.9. The van der Waals surface area contributed by atoms with Gasteiger partial charge in [-0.25, -0.2) is 18.7 Å². The Kier molecular flexibility index (Phi) is 3.67. The van der Waals surface area contributed by atoms with Crippen molar-refractivity contribution in [2.45, 2.75) is 6.18 Å². The Labute approximate surface area is 136 Å². The molecule has 2 aromatic heterocycles. The number of aromatic nitrogens is 3. The molecular formula is C14H6ClF4N3O2. The number of benzene rings is 1. The van der Waals surface area contributed by atoms with Crippen molar-refractivity contribution in [2.24, 2.45) is 0 Å². The molecule has 0 saturated carbocycles. The van der Waals surface area contributed by atoms with Gasteiger partial charge in [0.25, 0.3) is 0 Å². The lowest BCUT2D eigenvalue weighted by Gasteiger charge is -2.11. The van der Waals surface area contributed by atoms with Gasteiger partial charge in [0.1, 0.15) is 10.8 Å². The molecule has 0 aliphatic rings. The van der Waals surface area contributed by atoms with Crippen molar-refractivity contribution < 1.29 is 27.5 Å². The molecule has 1 aromatic carbocycles. The Morgan fingerprint density at radius 2 is 1.83 bits per heavy atom. The second kappa shape index (κ2) is 5.45. The summed E-state index contributed by atoms with van der Waals surface area (Å²) in [5.74, 6) is -2.15. The number of carboxylic acid groups (broad SMARTS) is 1. The van der Waals surface area contributed by atoms with Crippen LogP contribution in [0.25, 0.3) is 16.9 Å². The van der Waals surface area contributed by atoms with E-state index in [1.165, 1.54) is 12.1 Å². The molecule has 3 rings (SSSR count). The van der Waals surface area contributed by atoms with E-state index in [9.17, 15) is 22.4 Å². The van der Waals surface area contributed by atoms with Crippen molar-refractivity contribution in [3.05, 3.63) is 52.6 Å². The van der Waals surface area contributed by atoms with Gasteiger partial charge >= 0.3 is 12.1 Å². The molecule has 1 N–H and O–H groups in total. The van der Waals surface area contributed by atoms with Crippen LogP contribution in [0.5, 0.6) is 0 Å². The summed E-state index contributed by atoms with van der Waals surface area (Å²) in [6, 6.07) is 5.31. The highest BCUT2D eigenvalue weighted by atomic mass is 35.5. The predicted octanol–water partition coefficient (Wildman–Crippen LogP) is 3.91. The van der Waals surface area contributed by atoms with Crippen LogP contribution in [0.4, 0.5) is 17.6 Å². The van der Waals surface area contributed by atoms with Crippen LogP contribution in [-0.2, 0) is 6.18 Å². The van der Waals surface area contributed by atoms with Crippen LogP contribution in [0.2, 0.25) is 5.02 Å². The summed E-state index contributed by atoms with van der Waals surface area (Å²) in [6.45, 7) is 0. The lowest BCUT2D eigenvalue weighted by molar-refractivity contribution is -0.142. The number of fused-ring (bicyclic) bond motifs is 1. The third-order valence-corrected chi connectivity index (χ3v) is 3.51. The molecule has 0 amide bonds. The molecule has 10 heteroatoms. The van der Waals surface area contributed by atoms with Crippen molar-refractivity contribution >= 4 is 23.2 Å². The van der Waals surface area contributed by atoms with Crippen molar-refractivity contribution in [3.8, 4) is 11.3 Å². The van der Waals surface area contributed by atoms with E-state index in [-0.39, 0.29) is 11.3 Å². The molecule has 0 saturated heterocycles. The first-order valence-corrected chi connectivity index (χ1v) is 6.72. The van der Waals surface area contributed by atoms with E-state index in [2.05, 4.69) is 10.1 Å². The Morgan fingerprint density at radius 1 is 1.21 bits per heavy atom. The first kappa shape index (κ1) is 16.2. The Hall–Kier alpha value is -2.68. The van der Waals surface area contributed by atoms with E-state index in [1.54, 1.807) is 0 Å². The molecule has 5 nitrogen and oxygen atoms in total. The van der Waals surface area contributed by atoms with E-state index in [0.29, 0.717) is 10.6 Å². The highest BCUT2D eigenvalue weighted by molar-refractivity contribution is 6.36. The van der Waals surface area contributed by atoms with Crippen molar-refractivity contribution in [3.63, 3.8) is 0 Å². The van der Waals surface area contributed by atoms with E-state index in [0.717, 1.165) is 12.1 Å². The largest absolute Gasteiger partial charge is 0.476 e. The van der Waals surface area contributed by atoms with E-state index >= 15 is 0 Å². The van der Waals surface area contributed by atoms with Gasteiger partial charge in [0.2, 0.25) is 0 Å². The van der Waals surface area contributed by atoms with Crippen molar-refractivity contribution in [1.82, 2.24) is 14.6 Å². The molecule has 3 aromatic rings. The van der Waals surface area contributed by atoms with Gasteiger partial charge < -0.3 is 5.11 Å². The fraction of sp³-hybridized carbons (Fsp3) is 0.0714. The fourth-order valence-corrected chi connectivity index (χ4v) is 2.34. The summed E-state index contributed by atoms with van der Waals surface area (Å²) in [5, 5.41) is 11.8. The zero-order valence-electron chi connectivity index (χ0n) is 11.5. The molecule has 0 atom stereocenters. The third kappa shape index (κ3) is 2.67. The Bertz CT molecular complexity index is 951. The number of aromatic carboxylic acids is 1. The Balaban J connectivity index is 2.35. The lowest BCUT2D eigenvalue weighted by atomic mass is 10.1. The molecule has 2 heterocycles. The molecule has 0 aliphatic heterocycles. The van der Waals surface area contributed by atoms with Crippen molar-refractivity contribution in [2.75, 3.05) is 0 Å². The summed E-state index contributed by atoms with van der Waals surface area (Å²) < 4.78 is 53.2. The van der Waals surface area contributed by atoms with Crippen LogP contribution >= 0.6 is 11.6 Å². The number of rotatable bonds is 2. The number of nitrogens with zero attached hydrogens (tertiary/aromatic N) is 3. The summed E-state index contributed by atoms with van der Waals surface area (Å²) >= 11 is 5.80. The van der Waals surface area contributed by atoms with Gasteiger partial charge in [0.15, 0.2) is 17.0 Å². The first-order chi connectivity index (χ1) is 11.2. The summed E-state index contributed by atoms with van der Waals surface area (Å²) in [5.41, 5.74) is -2.39. The highest BCUT2D eigenvalue weighted by Crippen LogP contribution is 2.34. The summed E-state index contributed by atoms with van der Waals surface area (Å²) in [4.78, 5) is 15.0. The van der Waals surface area contributed by atoms with E-state index in [4.69, 9.17) is 16.7 Å². The molecule has 124 valence electrons. The van der Waals surface area contributed by atoms with Crippen molar-refractivity contribution in [1.29, 1.82) is 0 Å². The number of carbonyl (C=O) groups is 1. The van der Waals surface area contributed by atoms with Gasteiger partial charge in [-0.1, -0.05) is 11.6 Å². The number of halogens is 5. The predicted molar refractivity (Wildman–Crippen MR) is 75.4 cm³/mol. The molecule has 0 bridgehead atoms. The topological polar surface area (TPSA) is 67.5 Å². The molecule has 0 radical (unpaired) electrons. The van der Waals surface area contributed by atoms with Crippen LogP contribution in [0.3, 0.4) is 0 Å². The van der Waals surface area contributed by atoms with Crippen LogP contribution < -0.4 is 0 Å². The monoisotopic (exact) mass is 359 g/mol. The van der Waals surface area contributed by atoms with E-state index < -0.39 is 40.0 Å². The van der Waals surface area contributed by atoms with Crippen LogP contribution in [0.1, 0.15) is 16.2 Å². The summed E-state index contributed by atoms with van der Waals surface area (Å²) in [6.07, 6.45) is -4.83. The maximum atomic E-state index is 13.3. The molecular weight excluding hydrogens is 354 g/mol. The highest BCUT2D eigenvalue weighted by Gasteiger charge is 2.36. The number of hydrogen-bond acceptors (Lipinski definition) is 3. The van der Waals surface area contributed by atoms with Gasteiger partial charge in [-0.2, -0.15) is 18.3 Å². The zero-order chi connectivity index (χ0) is 17.6. The smallest absolute Gasteiger partial charge is 0.433 e. The molecule has 0 unspecified atom stereocenters. The van der Waals surface area contributed by atoms with E-state index in [1.807, 2.05) is 0 Å². The average Bonchev–Trinajstić information content (AvgIpc) is 2.83. The number of hydrogen-bond donors (Lipinski definition) is 1. The molecule has 0 spiro atoms. The summed E-state index contributed by atoms with van der Waals surface area (Å²) in [7, 11) is 0. The standard InChI is InChI=1S/C14H6ClF4N3O2/c15-10-11(13(23)24)21-22-9(14(17,18)19)5-8(20-12(10)22)6-1-3-7(16)4-2-6/h1-5H,(H,23,24). The first-order valence-electron chi connectivity index (χ1n) is 6.34. The number of carboxylic acids is 1. The quantitative estimate of drug-likeness (QED) is 0.704. The maximum absolute atomic E-state index is 13.3. The average molecular weight is 360 g/mol. The fourth-order valence-electron chi connectivity index (χ4n) is 2.10. The minimum atomic E-state index is -4.83. The van der Waals surface area contributed by atoms with Crippen LogP contribution in [-0.4, -0.2) is 25.7 Å². The third-order valence-electron chi connectivity index (χ3n) is 3.17. The SMILES string of the molecule is O=C(O)c1nn2c(C(F)(F)F)cc(-c3ccc(F)cc3)nc2c1Cl. The van der Waals surface area contributed by atoms with Gasteiger partial charge in [-0.15, -0.1) is 0 Å². The molecule has 24 heavy (non-hydrogen) atoms. The molecule has 0 aliphatic carbocycles. The molecule has 0 fully saturated rings. The minimum Gasteiger partial charge on any atom is -0.476 e.